The summed E-state index contributed by atoms with van der Waals surface area (Å²) < 4.78 is 13.6. The van der Waals surface area contributed by atoms with E-state index in [9.17, 15) is 4.39 Å². The number of nitrogen functional groups attached to an aromatic ring is 1. The Hall–Kier alpha value is -2.47. The van der Waals surface area contributed by atoms with Crippen LogP contribution in [0.15, 0.2) is 30.5 Å². The van der Waals surface area contributed by atoms with Crippen molar-refractivity contribution in [2.24, 2.45) is 0 Å². The molecule has 0 saturated carbocycles. The molecule has 0 spiro atoms. The minimum absolute atomic E-state index is 0.0603. The van der Waals surface area contributed by atoms with Crippen molar-refractivity contribution >= 4 is 16.7 Å². The van der Waals surface area contributed by atoms with Gasteiger partial charge in [0.1, 0.15) is 17.5 Å². The fraction of sp³-hybridized carbons (Fsp3) is 0.294. The van der Waals surface area contributed by atoms with Gasteiger partial charge in [0.05, 0.1) is 6.04 Å². The molecule has 2 aromatic heterocycles. The van der Waals surface area contributed by atoms with Gasteiger partial charge in [0.15, 0.2) is 0 Å². The predicted octanol–water partition coefficient (Wildman–Crippen LogP) is 2.80. The maximum absolute atomic E-state index is 13.6. The van der Waals surface area contributed by atoms with Gasteiger partial charge in [-0.2, -0.15) is 0 Å². The average molecular weight is 311 g/mol. The molecule has 1 aromatic carbocycles. The lowest BCUT2D eigenvalue weighted by molar-refractivity contribution is 0.185. The van der Waals surface area contributed by atoms with E-state index in [2.05, 4.69) is 26.8 Å². The van der Waals surface area contributed by atoms with Crippen LogP contribution in [0.25, 0.3) is 10.9 Å². The summed E-state index contributed by atoms with van der Waals surface area (Å²) in [6.45, 7) is 3.73. The Balaban J connectivity index is 1.68. The van der Waals surface area contributed by atoms with E-state index in [0.29, 0.717) is 5.82 Å². The van der Waals surface area contributed by atoms with Gasteiger partial charge in [0.2, 0.25) is 0 Å². The zero-order valence-corrected chi connectivity index (χ0v) is 12.9. The van der Waals surface area contributed by atoms with Gasteiger partial charge < -0.3 is 10.7 Å². The third kappa shape index (κ3) is 2.45. The summed E-state index contributed by atoms with van der Waals surface area (Å²) in [5, 5.41) is 0.963. The van der Waals surface area contributed by atoms with Crippen LogP contribution < -0.4 is 5.73 Å². The van der Waals surface area contributed by atoms with E-state index in [1.807, 2.05) is 0 Å². The standard InChI is InChI=1S/C17H18FN5/c1-10(17-20-6-4-16(19)22-17)23-7-5-15-13(9-23)12-8-11(18)2-3-14(12)21-15/h2-4,6,8,10,21H,5,7,9H2,1H3,(H2,19,20,22). The van der Waals surface area contributed by atoms with Crippen LogP contribution in [0.3, 0.4) is 0 Å². The molecule has 0 saturated heterocycles. The number of H-pyrrole nitrogens is 1. The molecule has 1 unspecified atom stereocenters. The summed E-state index contributed by atoms with van der Waals surface area (Å²) >= 11 is 0. The highest BCUT2D eigenvalue weighted by Crippen LogP contribution is 2.31. The highest BCUT2D eigenvalue weighted by atomic mass is 19.1. The SMILES string of the molecule is CC(c1nccc(N)n1)N1CCc2[nH]c3ccc(F)cc3c2C1. The average Bonchev–Trinajstić information content (AvgIpc) is 2.91. The summed E-state index contributed by atoms with van der Waals surface area (Å²) in [6, 6.07) is 6.65. The molecule has 1 atom stereocenters. The van der Waals surface area contributed by atoms with Crippen molar-refractivity contribution in [3.05, 3.63) is 53.4 Å². The van der Waals surface area contributed by atoms with Crippen molar-refractivity contribution in [2.45, 2.75) is 25.9 Å². The van der Waals surface area contributed by atoms with E-state index in [4.69, 9.17) is 5.73 Å². The van der Waals surface area contributed by atoms with Crippen LogP contribution in [-0.4, -0.2) is 26.4 Å². The van der Waals surface area contributed by atoms with Crippen molar-refractivity contribution in [3.63, 3.8) is 0 Å². The van der Waals surface area contributed by atoms with E-state index < -0.39 is 0 Å². The smallest absolute Gasteiger partial charge is 0.147 e. The second kappa shape index (κ2) is 5.31. The molecule has 4 rings (SSSR count). The molecular weight excluding hydrogens is 293 g/mol. The van der Waals surface area contributed by atoms with E-state index in [1.165, 1.54) is 17.3 Å². The second-order valence-corrected chi connectivity index (χ2v) is 6.01. The number of nitrogens with two attached hydrogens (primary N) is 1. The van der Waals surface area contributed by atoms with Crippen LogP contribution in [0, 0.1) is 5.82 Å². The maximum atomic E-state index is 13.6. The molecule has 3 N–H and O–H groups in total. The molecular formula is C17H18FN5. The number of hydrogen-bond acceptors (Lipinski definition) is 4. The van der Waals surface area contributed by atoms with Gasteiger partial charge in [0.25, 0.3) is 0 Å². The first-order valence-electron chi connectivity index (χ1n) is 7.73. The third-order valence-electron chi connectivity index (χ3n) is 4.58. The molecule has 118 valence electrons. The third-order valence-corrected chi connectivity index (χ3v) is 4.58. The lowest BCUT2D eigenvalue weighted by atomic mass is 10.0. The molecule has 1 aliphatic rings. The molecule has 0 aliphatic carbocycles. The first-order valence-corrected chi connectivity index (χ1v) is 7.73. The van der Waals surface area contributed by atoms with Crippen molar-refractivity contribution in [1.29, 1.82) is 0 Å². The number of hydrogen-bond donors (Lipinski definition) is 2. The highest BCUT2D eigenvalue weighted by molar-refractivity contribution is 5.85. The molecule has 1 aliphatic heterocycles. The predicted molar refractivity (Wildman–Crippen MR) is 87.2 cm³/mol. The van der Waals surface area contributed by atoms with E-state index in [0.717, 1.165) is 36.2 Å². The molecule has 0 amide bonds. The number of nitrogens with one attached hydrogen (secondary N) is 1. The minimum Gasteiger partial charge on any atom is -0.384 e. The Bertz CT molecular complexity index is 873. The Morgan fingerprint density at radius 1 is 1.35 bits per heavy atom. The maximum Gasteiger partial charge on any atom is 0.147 e. The largest absolute Gasteiger partial charge is 0.384 e. The van der Waals surface area contributed by atoms with Gasteiger partial charge >= 0.3 is 0 Å². The number of rotatable bonds is 2. The van der Waals surface area contributed by atoms with Crippen molar-refractivity contribution in [3.8, 4) is 0 Å². The molecule has 0 fully saturated rings. The summed E-state index contributed by atoms with van der Waals surface area (Å²) in [6.07, 6.45) is 2.59. The van der Waals surface area contributed by atoms with Gasteiger partial charge in [-0.15, -0.1) is 0 Å². The lowest BCUT2D eigenvalue weighted by Gasteiger charge is -2.31. The minimum atomic E-state index is -0.205. The van der Waals surface area contributed by atoms with Crippen LogP contribution in [0.2, 0.25) is 0 Å². The van der Waals surface area contributed by atoms with Crippen molar-refractivity contribution < 1.29 is 4.39 Å². The Labute approximate surface area is 133 Å². The van der Waals surface area contributed by atoms with Crippen LogP contribution in [0.5, 0.6) is 0 Å². The van der Waals surface area contributed by atoms with Crippen LogP contribution in [-0.2, 0) is 13.0 Å². The van der Waals surface area contributed by atoms with Crippen molar-refractivity contribution in [1.82, 2.24) is 19.9 Å². The number of aromatic nitrogens is 3. The summed E-state index contributed by atoms with van der Waals surface area (Å²) in [5.41, 5.74) is 9.12. The lowest BCUT2D eigenvalue weighted by Crippen LogP contribution is -2.33. The molecule has 5 nitrogen and oxygen atoms in total. The summed E-state index contributed by atoms with van der Waals surface area (Å²) in [5.74, 6) is 0.997. The van der Waals surface area contributed by atoms with Gasteiger partial charge in [-0.3, -0.25) is 4.90 Å². The number of anilines is 1. The van der Waals surface area contributed by atoms with Crippen LogP contribution >= 0.6 is 0 Å². The Morgan fingerprint density at radius 3 is 3.04 bits per heavy atom. The molecule has 3 heterocycles. The molecule has 3 aromatic rings. The Morgan fingerprint density at radius 2 is 2.22 bits per heavy atom. The van der Waals surface area contributed by atoms with Gasteiger partial charge in [0, 0.05) is 42.3 Å². The number of aromatic amines is 1. The molecule has 0 radical (unpaired) electrons. The van der Waals surface area contributed by atoms with Crippen LogP contribution in [0.4, 0.5) is 10.2 Å². The van der Waals surface area contributed by atoms with E-state index in [-0.39, 0.29) is 11.9 Å². The normalized spacial score (nSPS) is 16.4. The second-order valence-electron chi connectivity index (χ2n) is 6.01. The number of halogens is 1. The van der Waals surface area contributed by atoms with Crippen LogP contribution in [0.1, 0.15) is 30.0 Å². The molecule has 6 heteroatoms. The fourth-order valence-electron chi connectivity index (χ4n) is 3.29. The number of benzene rings is 1. The zero-order valence-electron chi connectivity index (χ0n) is 12.9. The first-order chi connectivity index (χ1) is 11.1. The number of fused-ring (bicyclic) bond motifs is 3. The van der Waals surface area contributed by atoms with Crippen molar-refractivity contribution in [2.75, 3.05) is 12.3 Å². The van der Waals surface area contributed by atoms with E-state index in [1.54, 1.807) is 24.4 Å². The number of nitrogens with zero attached hydrogens (tertiary/aromatic N) is 3. The molecule has 23 heavy (non-hydrogen) atoms. The quantitative estimate of drug-likeness (QED) is 0.763. The monoisotopic (exact) mass is 311 g/mol. The summed E-state index contributed by atoms with van der Waals surface area (Å²) in [4.78, 5) is 14.4. The van der Waals surface area contributed by atoms with Gasteiger partial charge in [-0.1, -0.05) is 0 Å². The summed E-state index contributed by atoms with van der Waals surface area (Å²) in [7, 11) is 0. The zero-order chi connectivity index (χ0) is 16.0. The first kappa shape index (κ1) is 14.1. The topological polar surface area (TPSA) is 70.8 Å². The van der Waals surface area contributed by atoms with E-state index >= 15 is 0 Å². The molecule has 0 bridgehead atoms. The van der Waals surface area contributed by atoms with Gasteiger partial charge in [-0.25, -0.2) is 14.4 Å². The Kier molecular flexibility index (Phi) is 3.27. The fourth-order valence-corrected chi connectivity index (χ4v) is 3.29. The van der Waals surface area contributed by atoms with Gasteiger partial charge in [-0.05, 0) is 36.8 Å². The highest BCUT2D eigenvalue weighted by Gasteiger charge is 2.26.